The maximum atomic E-state index is 12.4. The van der Waals surface area contributed by atoms with Crippen LogP contribution in [0.2, 0.25) is 0 Å². The summed E-state index contributed by atoms with van der Waals surface area (Å²) in [6.07, 6.45) is -7.63. The van der Waals surface area contributed by atoms with Crippen molar-refractivity contribution < 1.29 is 23.4 Å². The van der Waals surface area contributed by atoms with Crippen LogP contribution in [0.3, 0.4) is 0 Å². The van der Waals surface area contributed by atoms with Crippen LogP contribution in [0.4, 0.5) is 13.2 Å². The fraction of sp³-hybridized carbons (Fsp3) is 0.364. The highest BCUT2D eigenvalue weighted by molar-refractivity contribution is 5.34. The van der Waals surface area contributed by atoms with Crippen LogP contribution in [0.5, 0.6) is 0 Å². The summed E-state index contributed by atoms with van der Waals surface area (Å²) in [4.78, 5) is 0. The number of alkyl halides is 3. The molecule has 0 amide bonds. The number of hydrogen-bond acceptors (Lipinski definition) is 3. The van der Waals surface area contributed by atoms with Gasteiger partial charge < -0.3 is 10.2 Å². The van der Waals surface area contributed by atoms with Crippen LogP contribution in [0, 0.1) is 18.3 Å². The van der Waals surface area contributed by atoms with Crippen LogP contribution in [0.1, 0.15) is 22.8 Å². The van der Waals surface area contributed by atoms with E-state index in [4.69, 9.17) is 10.4 Å². The van der Waals surface area contributed by atoms with Crippen LogP contribution >= 0.6 is 0 Å². The Kier molecular flexibility index (Phi) is 3.76. The zero-order valence-corrected chi connectivity index (χ0v) is 8.86. The molecule has 17 heavy (non-hydrogen) atoms. The smallest absolute Gasteiger partial charge is 0.385 e. The standard InChI is InChI=1S/C11H10F3NO2/c1-6-4-7(10(17)9(16)5-15)2-3-8(6)11(12,13)14/h2-4,9-10,16-17H,1H3. The van der Waals surface area contributed by atoms with Crippen LogP contribution in [0.25, 0.3) is 0 Å². The quantitative estimate of drug-likeness (QED) is 0.782. The topological polar surface area (TPSA) is 64.2 Å². The second-order valence-electron chi connectivity index (χ2n) is 3.59. The Balaban J connectivity index is 3.10. The largest absolute Gasteiger partial charge is 0.416 e. The first-order valence-corrected chi connectivity index (χ1v) is 4.71. The van der Waals surface area contributed by atoms with E-state index in [2.05, 4.69) is 0 Å². The number of rotatable bonds is 2. The summed E-state index contributed by atoms with van der Waals surface area (Å²) in [5.74, 6) is 0. The number of aliphatic hydroxyl groups is 2. The Labute approximate surface area is 95.7 Å². The van der Waals surface area contributed by atoms with E-state index < -0.39 is 23.9 Å². The van der Waals surface area contributed by atoms with E-state index in [0.717, 1.165) is 18.2 Å². The summed E-state index contributed by atoms with van der Waals surface area (Å²) in [6.45, 7) is 1.25. The summed E-state index contributed by atoms with van der Waals surface area (Å²) in [6, 6.07) is 4.38. The van der Waals surface area contributed by atoms with E-state index in [0.29, 0.717) is 0 Å². The second kappa shape index (κ2) is 4.73. The normalized spacial score (nSPS) is 15.1. The van der Waals surface area contributed by atoms with Crippen molar-refractivity contribution in [2.24, 2.45) is 0 Å². The van der Waals surface area contributed by atoms with E-state index >= 15 is 0 Å². The molecule has 1 aromatic rings. The first kappa shape index (κ1) is 13.5. The van der Waals surface area contributed by atoms with E-state index in [1.807, 2.05) is 0 Å². The molecular weight excluding hydrogens is 235 g/mol. The molecule has 92 valence electrons. The van der Waals surface area contributed by atoms with Crippen molar-refractivity contribution in [2.45, 2.75) is 25.3 Å². The molecule has 0 saturated carbocycles. The number of nitriles is 1. The molecule has 2 unspecified atom stereocenters. The van der Waals surface area contributed by atoms with Crippen LogP contribution in [-0.2, 0) is 6.18 Å². The Bertz CT molecular complexity index is 451. The van der Waals surface area contributed by atoms with E-state index in [-0.39, 0.29) is 11.1 Å². The predicted octanol–water partition coefficient (Wildman–Crippen LogP) is 1.93. The van der Waals surface area contributed by atoms with Gasteiger partial charge in [0.1, 0.15) is 6.10 Å². The van der Waals surface area contributed by atoms with Crippen molar-refractivity contribution in [1.82, 2.24) is 0 Å². The monoisotopic (exact) mass is 245 g/mol. The molecule has 3 nitrogen and oxygen atoms in total. The van der Waals surface area contributed by atoms with E-state index in [1.54, 1.807) is 0 Å². The Morgan fingerprint density at radius 3 is 2.29 bits per heavy atom. The number of nitrogens with zero attached hydrogens (tertiary/aromatic N) is 1. The van der Waals surface area contributed by atoms with Crippen molar-refractivity contribution in [3.05, 3.63) is 34.9 Å². The van der Waals surface area contributed by atoms with Gasteiger partial charge in [-0.15, -0.1) is 0 Å². The third-order valence-electron chi connectivity index (χ3n) is 2.33. The van der Waals surface area contributed by atoms with Gasteiger partial charge in [-0.1, -0.05) is 12.1 Å². The molecule has 0 aliphatic carbocycles. The third kappa shape index (κ3) is 2.96. The summed E-state index contributed by atoms with van der Waals surface area (Å²) >= 11 is 0. The van der Waals surface area contributed by atoms with Gasteiger partial charge in [-0.2, -0.15) is 18.4 Å². The lowest BCUT2D eigenvalue weighted by atomic mass is 9.99. The molecule has 1 aromatic carbocycles. The Morgan fingerprint density at radius 2 is 1.88 bits per heavy atom. The second-order valence-corrected chi connectivity index (χ2v) is 3.59. The SMILES string of the molecule is Cc1cc(C(O)C(O)C#N)ccc1C(F)(F)F. The van der Waals surface area contributed by atoms with Crippen molar-refractivity contribution in [3.8, 4) is 6.07 Å². The molecule has 2 atom stereocenters. The van der Waals surface area contributed by atoms with Crippen molar-refractivity contribution in [1.29, 1.82) is 5.26 Å². The van der Waals surface area contributed by atoms with Gasteiger partial charge in [0.25, 0.3) is 0 Å². The van der Waals surface area contributed by atoms with Crippen LogP contribution < -0.4 is 0 Å². The molecule has 0 aromatic heterocycles. The summed E-state index contributed by atoms with van der Waals surface area (Å²) < 4.78 is 37.3. The highest BCUT2D eigenvalue weighted by Gasteiger charge is 2.32. The van der Waals surface area contributed by atoms with Gasteiger partial charge in [0.15, 0.2) is 6.10 Å². The molecule has 6 heteroatoms. The van der Waals surface area contributed by atoms with Gasteiger partial charge in [0.05, 0.1) is 11.6 Å². The number of hydrogen-bond donors (Lipinski definition) is 2. The lowest BCUT2D eigenvalue weighted by Gasteiger charge is -2.15. The fourth-order valence-electron chi connectivity index (χ4n) is 1.44. The average Bonchev–Trinajstić information content (AvgIpc) is 2.25. The highest BCUT2D eigenvalue weighted by atomic mass is 19.4. The summed E-state index contributed by atoms with van der Waals surface area (Å²) in [5, 5.41) is 26.9. The van der Waals surface area contributed by atoms with E-state index in [1.165, 1.54) is 13.0 Å². The fourth-order valence-corrected chi connectivity index (χ4v) is 1.44. The Hall–Kier alpha value is -1.58. The maximum Gasteiger partial charge on any atom is 0.416 e. The van der Waals surface area contributed by atoms with Gasteiger partial charge >= 0.3 is 6.18 Å². The Morgan fingerprint density at radius 1 is 1.29 bits per heavy atom. The molecule has 0 bridgehead atoms. The summed E-state index contributed by atoms with van der Waals surface area (Å²) in [7, 11) is 0. The molecule has 0 aliphatic heterocycles. The minimum atomic E-state index is -4.46. The van der Waals surface area contributed by atoms with Crippen molar-refractivity contribution in [2.75, 3.05) is 0 Å². The number of halogens is 3. The molecule has 1 rings (SSSR count). The maximum absolute atomic E-state index is 12.4. The zero-order valence-electron chi connectivity index (χ0n) is 8.86. The molecular formula is C11H10F3NO2. The molecule has 0 spiro atoms. The molecule has 0 saturated heterocycles. The minimum Gasteiger partial charge on any atom is -0.385 e. The first-order valence-electron chi connectivity index (χ1n) is 4.71. The van der Waals surface area contributed by atoms with E-state index in [9.17, 15) is 18.3 Å². The number of aliphatic hydroxyl groups excluding tert-OH is 2. The minimum absolute atomic E-state index is 0.0702. The van der Waals surface area contributed by atoms with Crippen molar-refractivity contribution in [3.63, 3.8) is 0 Å². The van der Waals surface area contributed by atoms with Gasteiger partial charge in [-0.25, -0.2) is 0 Å². The van der Waals surface area contributed by atoms with Gasteiger partial charge in [0.2, 0.25) is 0 Å². The van der Waals surface area contributed by atoms with Crippen molar-refractivity contribution >= 4 is 0 Å². The van der Waals surface area contributed by atoms with Gasteiger partial charge in [0, 0.05) is 0 Å². The summed E-state index contributed by atoms with van der Waals surface area (Å²) in [5.41, 5.74) is -0.802. The molecule has 0 aliphatic rings. The lowest BCUT2D eigenvalue weighted by molar-refractivity contribution is -0.138. The molecule has 0 fully saturated rings. The highest BCUT2D eigenvalue weighted by Crippen LogP contribution is 2.33. The molecule has 0 radical (unpaired) electrons. The first-order chi connectivity index (χ1) is 7.77. The average molecular weight is 245 g/mol. The number of benzene rings is 1. The van der Waals surface area contributed by atoms with Crippen LogP contribution in [0.15, 0.2) is 18.2 Å². The van der Waals surface area contributed by atoms with Gasteiger partial charge in [-0.3, -0.25) is 0 Å². The van der Waals surface area contributed by atoms with Gasteiger partial charge in [-0.05, 0) is 24.1 Å². The molecule has 2 N–H and O–H groups in total. The lowest BCUT2D eigenvalue weighted by Crippen LogP contribution is -2.16. The third-order valence-corrected chi connectivity index (χ3v) is 2.33. The number of aryl methyl sites for hydroxylation is 1. The molecule has 0 heterocycles. The predicted molar refractivity (Wildman–Crippen MR) is 52.8 cm³/mol. The zero-order chi connectivity index (χ0) is 13.2. The van der Waals surface area contributed by atoms with Crippen LogP contribution in [-0.4, -0.2) is 16.3 Å².